The molecule has 14 heteroatoms. The van der Waals surface area contributed by atoms with Crippen LogP contribution in [0, 0.1) is 19.3 Å². The van der Waals surface area contributed by atoms with Crippen molar-refractivity contribution in [3.63, 3.8) is 0 Å². The number of amides is 1. The van der Waals surface area contributed by atoms with Gasteiger partial charge in [0.25, 0.3) is 5.91 Å². The van der Waals surface area contributed by atoms with Crippen molar-refractivity contribution in [3.05, 3.63) is 93.0 Å². The number of halogens is 6. The first kappa shape index (κ1) is 40.5. The van der Waals surface area contributed by atoms with E-state index in [-0.39, 0.29) is 17.7 Å². The van der Waals surface area contributed by atoms with Gasteiger partial charge in [-0.2, -0.15) is 26.3 Å². The van der Waals surface area contributed by atoms with E-state index in [1.165, 1.54) is 27.7 Å². The van der Waals surface area contributed by atoms with Crippen LogP contribution in [-0.4, -0.2) is 51.7 Å². The van der Waals surface area contributed by atoms with Crippen LogP contribution in [0.2, 0.25) is 0 Å². The number of anilines is 2. The van der Waals surface area contributed by atoms with E-state index in [1.54, 1.807) is 27.7 Å². The first-order valence-corrected chi connectivity index (χ1v) is 15.9. The van der Waals surface area contributed by atoms with Crippen LogP contribution in [0.25, 0.3) is 0 Å². The third-order valence-electron chi connectivity index (χ3n) is 9.40. The number of benzene rings is 3. The van der Waals surface area contributed by atoms with Gasteiger partial charge in [0, 0.05) is 27.9 Å². The lowest BCUT2D eigenvalue weighted by molar-refractivity contribution is -0.288. The van der Waals surface area contributed by atoms with Gasteiger partial charge >= 0.3 is 24.3 Å². The van der Waals surface area contributed by atoms with Crippen molar-refractivity contribution in [1.82, 2.24) is 0 Å². The Bertz CT molecular complexity index is 1860. The smallest absolute Gasteiger partial charge is 0.411 e. The van der Waals surface area contributed by atoms with Crippen LogP contribution in [0.3, 0.4) is 0 Å². The molecule has 0 unspecified atom stereocenters. The Labute approximate surface area is 291 Å². The van der Waals surface area contributed by atoms with E-state index >= 15 is 26.3 Å². The van der Waals surface area contributed by atoms with Gasteiger partial charge in [-0.05, 0) is 87.1 Å². The zero-order valence-electron chi connectivity index (χ0n) is 29.3. The average molecular weight is 723 g/mol. The first-order chi connectivity index (χ1) is 23.3. The van der Waals surface area contributed by atoms with Gasteiger partial charge in [0.2, 0.25) is 5.41 Å². The summed E-state index contributed by atoms with van der Waals surface area (Å²) in [5, 5.41) is 24.8. The topological polar surface area (TPSA) is 133 Å². The third-order valence-corrected chi connectivity index (χ3v) is 9.40. The lowest BCUT2D eigenvalue weighted by Crippen LogP contribution is -2.54. The molecule has 8 nitrogen and oxygen atoms in total. The minimum absolute atomic E-state index is 0.0174. The number of carboxylic acids is 2. The Balaban J connectivity index is 2.32. The third kappa shape index (κ3) is 7.74. The van der Waals surface area contributed by atoms with Crippen molar-refractivity contribution in [2.45, 2.75) is 91.5 Å². The van der Waals surface area contributed by atoms with Crippen LogP contribution in [0.15, 0.2) is 48.5 Å². The summed E-state index contributed by atoms with van der Waals surface area (Å²) in [6.45, 7) is 12.8. The average Bonchev–Trinajstić information content (AvgIpc) is 3.01. The van der Waals surface area contributed by atoms with Crippen LogP contribution >= 0.6 is 0 Å². The maximum atomic E-state index is 15.2. The normalized spacial score (nSPS) is 12.7. The number of aryl methyl sites for hydroxylation is 2. The number of nitrogens with one attached hydrogen (secondary N) is 2. The van der Waals surface area contributed by atoms with E-state index in [0.717, 1.165) is 30.3 Å². The van der Waals surface area contributed by atoms with Crippen LogP contribution in [0.1, 0.15) is 118 Å². The monoisotopic (exact) mass is 722 g/mol. The second-order valence-electron chi connectivity index (χ2n) is 13.7. The molecule has 0 bridgehead atoms. The molecule has 3 rings (SSSR count). The van der Waals surface area contributed by atoms with E-state index in [2.05, 4.69) is 10.6 Å². The Kier molecular flexibility index (Phi) is 11.2. The highest BCUT2D eigenvalue weighted by molar-refractivity contribution is 6.16. The molecule has 51 heavy (non-hydrogen) atoms. The van der Waals surface area contributed by atoms with E-state index in [9.17, 15) is 29.4 Å². The van der Waals surface area contributed by atoms with Crippen LogP contribution < -0.4 is 10.6 Å². The number of carbonyl (C=O) groups is 4. The molecule has 0 atom stereocenters. The molecule has 0 aliphatic carbocycles. The zero-order valence-corrected chi connectivity index (χ0v) is 29.3. The number of carboxylic acid groups (broad SMARTS) is 2. The molecule has 276 valence electrons. The Morgan fingerprint density at radius 2 is 1.06 bits per heavy atom. The molecule has 0 spiro atoms. The minimum atomic E-state index is -5.96. The fourth-order valence-electron chi connectivity index (χ4n) is 5.46. The molecular formula is C37H40F6N2O6. The molecule has 0 aliphatic rings. The van der Waals surface area contributed by atoms with E-state index < -0.39 is 91.4 Å². The highest BCUT2D eigenvalue weighted by Crippen LogP contribution is 2.57. The molecule has 3 aromatic rings. The number of carbonyl (C=O) groups excluding carboxylic acids is 2. The second kappa shape index (κ2) is 14.0. The predicted molar refractivity (Wildman–Crippen MR) is 180 cm³/mol. The Hall–Kier alpha value is -4.88. The number of aromatic carboxylic acids is 2. The quantitative estimate of drug-likeness (QED) is 0.108. The summed E-state index contributed by atoms with van der Waals surface area (Å²) in [6.07, 6.45) is -11.2. The minimum Gasteiger partial charge on any atom is -0.478 e. The molecular weight excluding hydrogens is 682 g/mol. The largest absolute Gasteiger partial charge is 0.478 e. The second-order valence-corrected chi connectivity index (χ2v) is 13.7. The lowest BCUT2D eigenvalue weighted by Gasteiger charge is -2.39. The molecule has 0 radical (unpaired) electrons. The van der Waals surface area contributed by atoms with Crippen LogP contribution in [0.5, 0.6) is 0 Å². The number of alkyl halides is 6. The molecule has 1 amide bonds. The van der Waals surface area contributed by atoms with E-state index in [0.29, 0.717) is 30.2 Å². The van der Waals surface area contributed by atoms with Crippen molar-refractivity contribution in [2.75, 3.05) is 10.6 Å². The van der Waals surface area contributed by atoms with Crippen molar-refractivity contribution in [2.24, 2.45) is 5.41 Å². The summed E-state index contributed by atoms with van der Waals surface area (Å²) in [5.74, 6) is -5.49. The predicted octanol–water partition coefficient (Wildman–Crippen LogP) is 9.58. The summed E-state index contributed by atoms with van der Waals surface area (Å²) in [7, 11) is 0. The first-order valence-electron chi connectivity index (χ1n) is 15.9. The number of hydrogen-bond donors (Lipinski definition) is 4. The number of rotatable bonds is 12. The Morgan fingerprint density at radius 1 is 0.627 bits per heavy atom. The maximum absolute atomic E-state index is 15.2. The summed E-state index contributed by atoms with van der Waals surface area (Å²) >= 11 is 0. The van der Waals surface area contributed by atoms with Gasteiger partial charge in [0.15, 0.2) is 5.78 Å². The van der Waals surface area contributed by atoms with Crippen molar-refractivity contribution in [3.8, 4) is 0 Å². The summed E-state index contributed by atoms with van der Waals surface area (Å²) in [5.41, 5.74) is -11.7. The van der Waals surface area contributed by atoms with Gasteiger partial charge in [-0.3, -0.25) is 9.59 Å². The fraction of sp³-hybridized carbons (Fsp3) is 0.405. The summed E-state index contributed by atoms with van der Waals surface area (Å²) < 4.78 is 90.9. The van der Waals surface area contributed by atoms with Gasteiger partial charge in [-0.25, -0.2) is 9.59 Å². The SMILES string of the molecule is CCC(C)(C)Nc1cc(C(c2ccc(C)c(NC(=O)c3cc(C(=O)C(C)(C)CC)c(C(=O)O)cc3C(=O)O)c2)(C(F)(F)F)C(F)(F)F)ccc1C. The van der Waals surface area contributed by atoms with Crippen molar-refractivity contribution >= 4 is 35.0 Å². The van der Waals surface area contributed by atoms with Crippen LogP contribution in [0.4, 0.5) is 37.7 Å². The lowest BCUT2D eigenvalue weighted by atomic mass is 9.72. The zero-order chi connectivity index (χ0) is 39.1. The van der Waals surface area contributed by atoms with E-state index in [4.69, 9.17) is 0 Å². The fourth-order valence-corrected chi connectivity index (χ4v) is 5.46. The number of ketones is 1. The number of Topliss-reactive ketones (excluding diaryl/α,β-unsaturated/α-hetero) is 1. The van der Waals surface area contributed by atoms with Gasteiger partial charge in [-0.1, -0.05) is 52.0 Å². The van der Waals surface area contributed by atoms with Gasteiger partial charge < -0.3 is 20.8 Å². The molecule has 3 aromatic carbocycles. The van der Waals surface area contributed by atoms with Crippen molar-refractivity contribution < 1.29 is 55.7 Å². The molecule has 0 saturated carbocycles. The van der Waals surface area contributed by atoms with Gasteiger partial charge in [-0.15, -0.1) is 0 Å². The molecule has 0 aromatic heterocycles. The van der Waals surface area contributed by atoms with Crippen molar-refractivity contribution in [1.29, 1.82) is 0 Å². The van der Waals surface area contributed by atoms with Crippen LogP contribution in [-0.2, 0) is 5.41 Å². The molecule has 0 fully saturated rings. The Morgan fingerprint density at radius 3 is 1.49 bits per heavy atom. The highest BCUT2D eigenvalue weighted by Gasteiger charge is 2.72. The standard InChI is InChI=1S/C37H40F6N2O6/c1-9-33(5,6)29(46)23-17-24(26(32(50)51)18-25(23)31(48)49)30(47)44-27-15-21(13-11-19(27)3)35(36(38,39)40,37(41,42)43)22-14-12-20(4)28(16-22)45-34(7,8)10-2/h11-18,45H,9-10H2,1-8H3,(H,44,47)(H,48,49)(H,50,51). The number of hydrogen-bond acceptors (Lipinski definition) is 5. The summed E-state index contributed by atoms with van der Waals surface area (Å²) in [6, 6.07) is 6.22. The highest BCUT2D eigenvalue weighted by atomic mass is 19.4. The van der Waals surface area contributed by atoms with Gasteiger partial charge in [0.1, 0.15) is 0 Å². The molecule has 0 heterocycles. The molecule has 0 aliphatic heterocycles. The van der Waals surface area contributed by atoms with E-state index in [1.807, 2.05) is 0 Å². The maximum Gasteiger partial charge on any atom is 0.411 e. The van der Waals surface area contributed by atoms with Gasteiger partial charge in [0.05, 0.1) is 16.7 Å². The summed E-state index contributed by atoms with van der Waals surface area (Å²) in [4.78, 5) is 51.2. The molecule has 0 saturated heterocycles. The molecule has 4 N–H and O–H groups in total.